The monoisotopic (exact) mass is 289 g/mol. The molecule has 3 atom stereocenters. The van der Waals surface area contributed by atoms with E-state index in [2.05, 4.69) is 24.2 Å². The van der Waals surface area contributed by atoms with Gasteiger partial charge in [-0.2, -0.15) is 0 Å². The first kappa shape index (κ1) is 16.0. The molecule has 1 aromatic carbocycles. The molecule has 0 bridgehead atoms. The van der Waals surface area contributed by atoms with Gasteiger partial charge in [-0.05, 0) is 37.9 Å². The number of carbonyl (C=O) groups is 1. The maximum atomic E-state index is 12.5. The van der Waals surface area contributed by atoms with Gasteiger partial charge in [0.2, 0.25) is 5.91 Å². The lowest BCUT2D eigenvalue weighted by Crippen LogP contribution is -2.51. The zero-order valence-electron chi connectivity index (χ0n) is 13.1. The second kappa shape index (κ2) is 7.57. The van der Waals surface area contributed by atoms with Crippen LogP contribution in [0.2, 0.25) is 0 Å². The lowest BCUT2D eigenvalue weighted by atomic mass is 9.92. The number of benzene rings is 1. The van der Waals surface area contributed by atoms with E-state index in [-0.39, 0.29) is 17.9 Å². The SMILES string of the molecule is CC1CN(C)CCC1NC(=O)C(CN)Cc1ccccc1. The fourth-order valence-electron chi connectivity index (χ4n) is 3.05. The minimum atomic E-state index is -0.140. The third-order valence-corrected chi connectivity index (χ3v) is 4.42. The van der Waals surface area contributed by atoms with E-state index in [9.17, 15) is 4.79 Å². The Morgan fingerprint density at radius 1 is 1.43 bits per heavy atom. The van der Waals surface area contributed by atoms with Crippen molar-refractivity contribution in [2.75, 3.05) is 26.7 Å². The second-order valence-corrected chi connectivity index (χ2v) is 6.27. The van der Waals surface area contributed by atoms with E-state index >= 15 is 0 Å². The van der Waals surface area contributed by atoms with E-state index in [0.29, 0.717) is 18.9 Å². The van der Waals surface area contributed by atoms with Crippen LogP contribution >= 0.6 is 0 Å². The zero-order valence-corrected chi connectivity index (χ0v) is 13.1. The van der Waals surface area contributed by atoms with E-state index in [1.165, 1.54) is 5.56 Å². The summed E-state index contributed by atoms with van der Waals surface area (Å²) in [5.41, 5.74) is 6.98. The van der Waals surface area contributed by atoms with Crippen LogP contribution in [-0.4, -0.2) is 43.5 Å². The van der Waals surface area contributed by atoms with E-state index in [1.807, 2.05) is 30.3 Å². The third-order valence-electron chi connectivity index (χ3n) is 4.42. The van der Waals surface area contributed by atoms with Gasteiger partial charge in [-0.3, -0.25) is 4.79 Å². The molecule has 1 aliphatic rings. The Morgan fingerprint density at radius 2 is 2.14 bits per heavy atom. The number of amides is 1. The first-order chi connectivity index (χ1) is 10.1. The summed E-state index contributed by atoms with van der Waals surface area (Å²) in [6.07, 6.45) is 1.73. The first-order valence-electron chi connectivity index (χ1n) is 7.83. The predicted octanol–water partition coefficient (Wildman–Crippen LogP) is 1.26. The van der Waals surface area contributed by atoms with Gasteiger partial charge in [-0.15, -0.1) is 0 Å². The van der Waals surface area contributed by atoms with Crippen molar-refractivity contribution in [1.29, 1.82) is 0 Å². The van der Waals surface area contributed by atoms with Crippen molar-refractivity contribution in [3.63, 3.8) is 0 Å². The number of rotatable bonds is 5. The second-order valence-electron chi connectivity index (χ2n) is 6.27. The summed E-state index contributed by atoms with van der Waals surface area (Å²) in [5.74, 6) is 0.449. The minimum Gasteiger partial charge on any atom is -0.353 e. The van der Waals surface area contributed by atoms with Crippen LogP contribution in [0, 0.1) is 11.8 Å². The molecule has 1 amide bonds. The van der Waals surface area contributed by atoms with Crippen molar-refractivity contribution >= 4 is 5.91 Å². The Kier molecular flexibility index (Phi) is 5.76. The zero-order chi connectivity index (χ0) is 15.2. The van der Waals surface area contributed by atoms with Gasteiger partial charge in [-0.1, -0.05) is 37.3 Å². The van der Waals surface area contributed by atoms with Crippen molar-refractivity contribution in [3.8, 4) is 0 Å². The quantitative estimate of drug-likeness (QED) is 0.858. The highest BCUT2D eigenvalue weighted by Gasteiger charge is 2.27. The van der Waals surface area contributed by atoms with Crippen LogP contribution < -0.4 is 11.1 Å². The Balaban J connectivity index is 1.91. The molecule has 116 valence electrons. The lowest BCUT2D eigenvalue weighted by molar-refractivity contribution is -0.126. The van der Waals surface area contributed by atoms with Crippen molar-refractivity contribution in [1.82, 2.24) is 10.2 Å². The molecule has 0 radical (unpaired) electrons. The molecule has 3 N–H and O–H groups in total. The molecule has 1 fully saturated rings. The van der Waals surface area contributed by atoms with Gasteiger partial charge in [-0.25, -0.2) is 0 Å². The number of hydrogen-bond acceptors (Lipinski definition) is 3. The number of nitrogens with zero attached hydrogens (tertiary/aromatic N) is 1. The highest BCUT2D eigenvalue weighted by atomic mass is 16.2. The average Bonchev–Trinajstić information content (AvgIpc) is 2.48. The van der Waals surface area contributed by atoms with E-state index in [1.54, 1.807) is 0 Å². The minimum absolute atomic E-state index is 0.0998. The Bertz CT molecular complexity index is 449. The van der Waals surface area contributed by atoms with Gasteiger partial charge in [0.1, 0.15) is 0 Å². The number of nitrogens with one attached hydrogen (secondary N) is 1. The van der Waals surface area contributed by atoms with Gasteiger partial charge in [0, 0.05) is 19.1 Å². The highest BCUT2D eigenvalue weighted by Crippen LogP contribution is 2.16. The van der Waals surface area contributed by atoms with Crippen molar-refractivity contribution in [2.24, 2.45) is 17.6 Å². The maximum Gasteiger partial charge on any atom is 0.224 e. The maximum absolute atomic E-state index is 12.5. The van der Waals surface area contributed by atoms with Gasteiger partial charge in [0.25, 0.3) is 0 Å². The highest BCUT2D eigenvalue weighted by molar-refractivity contribution is 5.79. The van der Waals surface area contributed by atoms with Crippen LogP contribution in [0.3, 0.4) is 0 Å². The summed E-state index contributed by atoms with van der Waals surface area (Å²) in [6.45, 7) is 4.68. The third kappa shape index (κ3) is 4.55. The van der Waals surface area contributed by atoms with E-state index in [4.69, 9.17) is 5.73 Å². The van der Waals surface area contributed by atoms with Crippen LogP contribution in [0.25, 0.3) is 0 Å². The number of carbonyl (C=O) groups excluding carboxylic acids is 1. The molecule has 1 saturated heterocycles. The fourth-order valence-corrected chi connectivity index (χ4v) is 3.05. The first-order valence-corrected chi connectivity index (χ1v) is 7.83. The molecule has 3 unspecified atom stereocenters. The largest absolute Gasteiger partial charge is 0.353 e. The molecule has 21 heavy (non-hydrogen) atoms. The fraction of sp³-hybridized carbons (Fsp3) is 0.588. The van der Waals surface area contributed by atoms with Crippen LogP contribution in [0.15, 0.2) is 30.3 Å². The van der Waals surface area contributed by atoms with Crippen molar-refractivity contribution in [2.45, 2.75) is 25.8 Å². The molecular formula is C17H27N3O. The topological polar surface area (TPSA) is 58.4 Å². The average molecular weight is 289 g/mol. The Hall–Kier alpha value is -1.39. The number of hydrogen-bond donors (Lipinski definition) is 2. The smallest absolute Gasteiger partial charge is 0.224 e. The molecule has 4 heteroatoms. The summed E-state index contributed by atoms with van der Waals surface area (Å²) in [4.78, 5) is 14.8. The Morgan fingerprint density at radius 3 is 2.76 bits per heavy atom. The number of nitrogens with two attached hydrogens (primary N) is 1. The molecule has 0 saturated carbocycles. The molecule has 0 spiro atoms. The van der Waals surface area contributed by atoms with Crippen molar-refractivity contribution < 1.29 is 4.79 Å². The number of piperidine rings is 1. The van der Waals surface area contributed by atoms with E-state index in [0.717, 1.165) is 19.5 Å². The molecule has 0 aromatic heterocycles. The summed E-state index contributed by atoms with van der Waals surface area (Å²) >= 11 is 0. The molecule has 1 aliphatic heterocycles. The summed E-state index contributed by atoms with van der Waals surface area (Å²) in [7, 11) is 2.13. The van der Waals surface area contributed by atoms with Crippen LogP contribution in [0.5, 0.6) is 0 Å². The standard InChI is InChI=1S/C17H27N3O/c1-13-12-20(2)9-8-16(13)19-17(21)15(11-18)10-14-6-4-3-5-7-14/h3-7,13,15-16H,8-12,18H2,1-2H3,(H,19,21). The van der Waals surface area contributed by atoms with Gasteiger partial charge < -0.3 is 16.0 Å². The molecule has 0 aliphatic carbocycles. The predicted molar refractivity (Wildman–Crippen MR) is 85.9 cm³/mol. The Labute approximate surface area is 127 Å². The molecule has 4 nitrogen and oxygen atoms in total. The summed E-state index contributed by atoms with van der Waals surface area (Å²) < 4.78 is 0. The number of likely N-dealkylation sites (tertiary alicyclic amines) is 1. The summed E-state index contributed by atoms with van der Waals surface area (Å²) in [5, 5.41) is 3.21. The van der Waals surface area contributed by atoms with Gasteiger partial charge >= 0.3 is 0 Å². The molecule has 2 rings (SSSR count). The molecule has 1 heterocycles. The van der Waals surface area contributed by atoms with E-state index < -0.39 is 0 Å². The van der Waals surface area contributed by atoms with Gasteiger partial charge in [0.15, 0.2) is 0 Å². The van der Waals surface area contributed by atoms with Gasteiger partial charge in [0.05, 0.1) is 5.92 Å². The summed E-state index contributed by atoms with van der Waals surface area (Å²) in [6, 6.07) is 10.4. The van der Waals surface area contributed by atoms with Crippen LogP contribution in [0.1, 0.15) is 18.9 Å². The van der Waals surface area contributed by atoms with Crippen molar-refractivity contribution in [3.05, 3.63) is 35.9 Å². The van der Waals surface area contributed by atoms with Crippen LogP contribution in [-0.2, 0) is 11.2 Å². The molecule has 1 aromatic rings. The normalized spacial score (nSPS) is 24.5. The molecular weight excluding hydrogens is 262 g/mol. The lowest BCUT2D eigenvalue weighted by Gasteiger charge is -2.35. The van der Waals surface area contributed by atoms with Crippen LogP contribution in [0.4, 0.5) is 0 Å².